The largest absolute Gasteiger partial charge is 0.482 e. The molecular weight excluding hydrogens is 504 g/mol. The molecular formula is C29H40N2O6S. The summed E-state index contributed by atoms with van der Waals surface area (Å²) in [6.07, 6.45) is 3.40. The molecule has 0 spiro atoms. The minimum atomic E-state index is -0.535. The van der Waals surface area contributed by atoms with Crippen LogP contribution in [0.2, 0.25) is 0 Å². The maximum Gasteiger partial charge on any atom is 0.351 e. The quantitative estimate of drug-likeness (QED) is 0.376. The Morgan fingerprint density at radius 1 is 1.11 bits per heavy atom. The van der Waals surface area contributed by atoms with E-state index in [2.05, 4.69) is 50.5 Å². The molecule has 0 saturated heterocycles. The number of esters is 2. The van der Waals surface area contributed by atoms with Gasteiger partial charge in [0.05, 0.1) is 13.7 Å². The van der Waals surface area contributed by atoms with Crippen LogP contribution in [-0.4, -0.2) is 50.8 Å². The Bertz CT molecular complexity index is 1150. The highest BCUT2D eigenvalue weighted by Crippen LogP contribution is 2.47. The molecule has 1 aromatic carbocycles. The lowest BCUT2D eigenvalue weighted by molar-refractivity contribution is -0.143. The maximum absolute atomic E-state index is 12.5. The number of hydrogen-bond acceptors (Lipinski definition) is 8. The summed E-state index contributed by atoms with van der Waals surface area (Å²) in [6, 6.07) is 8.51. The second-order valence-electron chi connectivity index (χ2n) is 11.4. The summed E-state index contributed by atoms with van der Waals surface area (Å²) in [4.78, 5) is 37.4. The number of carbonyl (C=O) groups excluding carboxylic acids is 3. The molecule has 208 valence electrons. The number of hydrogen-bond donors (Lipinski definition) is 2. The zero-order valence-corrected chi connectivity index (χ0v) is 24.3. The van der Waals surface area contributed by atoms with Crippen molar-refractivity contribution in [2.24, 2.45) is 10.8 Å². The molecule has 1 saturated carbocycles. The first kappa shape index (κ1) is 29.5. The summed E-state index contributed by atoms with van der Waals surface area (Å²) < 4.78 is 15.6. The fraction of sp³-hybridized carbons (Fsp3) is 0.552. The summed E-state index contributed by atoms with van der Waals surface area (Å²) in [5.74, 6) is -1.26. The molecule has 1 heterocycles. The number of ether oxygens (including phenoxy) is 3. The first-order valence-electron chi connectivity index (χ1n) is 13.0. The van der Waals surface area contributed by atoms with E-state index < -0.39 is 17.8 Å². The van der Waals surface area contributed by atoms with Crippen molar-refractivity contribution in [1.29, 1.82) is 0 Å². The number of amides is 1. The number of thiophene rings is 1. The molecule has 3 rings (SSSR count). The van der Waals surface area contributed by atoms with Crippen LogP contribution in [0.3, 0.4) is 0 Å². The van der Waals surface area contributed by atoms with Crippen molar-refractivity contribution in [2.45, 2.75) is 66.8 Å². The zero-order chi connectivity index (χ0) is 28.1. The van der Waals surface area contributed by atoms with Crippen molar-refractivity contribution < 1.29 is 28.6 Å². The third-order valence-electron chi connectivity index (χ3n) is 6.60. The van der Waals surface area contributed by atoms with Crippen LogP contribution in [0.25, 0.3) is 10.4 Å². The van der Waals surface area contributed by atoms with E-state index >= 15 is 0 Å². The van der Waals surface area contributed by atoms with Crippen molar-refractivity contribution in [1.82, 2.24) is 5.32 Å². The Balaban J connectivity index is 1.80. The van der Waals surface area contributed by atoms with Crippen molar-refractivity contribution in [3.63, 3.8) is 0 Å². The normalized spacial score (nSPS) is 16.4. The van der Waals surface area contributed by atoms with Gasteiger partial charge in [0.2, 0.25) is 0 Å². The third-order valence-corrected chi connectivity index (χ3v) is 7.90. The van der Waals surface area contributed by atoms with E-state index in [-0.39, 0.29) is 35.5 Å². The monoisotopic (exact) mass is 544 g/mol. The first-order chi connectivity index (χ1) is 17.8. The molecule has 2 aromatic rings. The second-order valence-corrected chi connectivity index (χ2v) is 12.4. The highest BCUT2D eigenvalue weighted by molar-refractivity contribution is 7.18. The molecule has 1 aliphatic carbocycles. The van der Waals surface area contributed by atoms with Gasteiger partial charge in [-0.3, -0.25) is 9.59 Å². The highest BCUT2D eigenvalue weighted by Gasteiger charge is 2.38. The maximum atomic E-state index is 12.5. The smallest absolute Gasteiger partial charge is 0.351 e. The molecule has 0 bridgehead atoms. The van der Waals surface area contributed by atoms with E-state index in [1.165, 1.54) is 24.9 Å². The molecule has 8 nitrogen and oxygen atoms in total. The third kappa shape index (κ3) is 7.72. The van der Waals surface area contributed by atoms with E-state index in [0.717, 1.165) is 34.5 Å². The topological polar surface area (TPSA) is 103 Å². The van der Waals surface area contributed by atoms with Gasteiger partial charge in [-0.2, -0.15) is 0 Å². The molecule has 1 aromatic heterocycles. The molecule has 0 atom stereocenters. The van der Waals surface area contributed by atoms with Crippen LogP contribution >= 0.6 is 11.3 Å². The standard InChI is InChI=1S/C29H40N2O6S/c1-8-36-23(33)15-30-22(32)16-37-24-18(2)25(38-26(24)27(34)35-7)19-10-9-11-20(12-19)31-21-13-28(3,4)17-29(5,6)14-21/h9-12,21,31H,8,13-17H2,1-7H3,(H,30,32). The Hall–Kier alpha value is -3.07. The minimum absolute atomic E-state index is 0.234. The second kappa shape index (κ2) is 12.2. The fourth-order valence-electron chi connectivity index (χ4n) is 5.68. The van der Waals surface area contributed by atoms with Crippen LogP contribution in [0, 0.1) is 17.8 Å². The molecule has 0 aliphatic heterocycles. The number of rotatable bonds is 10. The molecule has 0 unspecified atom stereocenters. The number of carbonyl (C=O) groups is 3. The molecule has 1 aliphatic rings. The lowest BCUT2D eigenvalue weighted by atomic mass is 9.63. The van der Waals surface area contributed by atoms with E-state index in [9.17, 15) is 14.4 Å². The average Bonchev–Trinajstić information content (AvgIpc) is 3.15. The first-order valence-corrected chi connectivity index (χ1v) is 13.8. The van der Waals surface area contributed by atoms with E-state index in [4.69, 9.17) is 14.2 Å². The molecule has 0 radical (unpaired) electrons. The van der Waals surface area contributed by atoms with E-state index in [0.29, 0.717) is 11.8 Å². The summed E-state index contributed by atoms with van der Waals surface area (Å²) in [5.41, 5.74) is 3.25. The van der Waals surface area contributed by atoms with Gasteiger partial charge in [0, 0.05) is 22.2 Å². The van der Waals surface area contributed by atoms with Gasteiger partial charge in [0.25, 0.3) is 5.91 Å². The molecule has 38 heavy (non-hydrogen) atoms. The Morgan fingerprint density at radius 2 is 1.79 bits per heavy atom. The van der Waals surface area contributed by atoms with Crippen LogP contribution in [0.5, 0.6) is 5.75 Å². The fourth-order valence-corrected chi connectivity index (χ4v) is 6.85. The van der Waals surface area contributed by atoms with Gasteiger partial charge in [0.15, 0.2) is 11.5 Å². The van der Waals surface area contributed by atoms with Crippen LogP contribution in [0.4, 0.5) is 5.69 Å². The van der Waals surface area contributed by atoms with Gasteiger partial charge >= 0.3 is 11.9 Å². The van der Waals surface area contributed by atoms with Gasteiger partial charge in [-0.15, -0.1) is 11.3 Å². The van der Waals surface area contributed by atoms with Crippen molar-refractivity contribution in [3.05, 3.63) is 34.7 Å². The van der Waals surface area contributed by atoms with Gasteiger partial charge in [-0.05, 0) is 61.6 Å². The number of methoxy groups -OCH3 is 1. The summed E-state index contributed by atoms with van der Waals surface area (Å²) in [5, 5.41) is 6.20. The lowest BCUT2D eigenvalue weighted by Gasteiger charge is -2.45. The van der Waals surface area contributed by atoms with Crippen LogP contribution in [0.1, 0.15) is 69.1 Å². The molecule has 9 heteroatoms. The van der Waals surface area contributed by atoms with Gasteiger partial charge in [-0.25, -0.2) is 4.79 Å². The number of anilines is 1. The summed E-state index contributed by atoms with van der Waals surface area (Å²) >= 11 is 1.27. The molecule has 2 N–H and O–H groups in total. The minimum Gasteiger partial charge on any atom is -0.482 e. The van der Waals surface area contributed by atoms with E-state index in [1.54, 1.807) is 6.92 Å². The summed E-state index contributed by atoms with van der Waals surface area (Å²) in [6.45, 7) is 12.5. The lowest BCUT2D eigenvalue weighted by Crippen LogP contribution is -2.40. The summed E-state index contributed by atoms with van der Waals surface area (Å²) in [7, 11) is 1.31. The SMILES string of the molecule is CCOC(=O)CNC(=O)COc1c(C(=O)OC)sc(-c2cccc(NC3CC(C)(C)CC(C)(C)C3)c2)c1C. The van der Waals surface area contributed by atoms with Crippen molar-refractivity contribution in [2.75, 3.05) is 32.2 Å². The average molecular weight is 545 g/mol. The predicted molar refractivity (Wildman–Crippen MR) is 150 cm³/mol. The van der Waals surface area contributed by atoms with Gasteiger partial charge < -0.3 is 24.8 Å². The Morgan fingerprint density at radius 3 is 2.42 bits per heavy atom. The number of benzene rings is 1. The Labute approximate surface area is 229 Å². The van der Waals surface area contributed by atoms with Crippen LogP contribution in [-0.2, 0) is 19.1 Å². The van der Waals surface area contributed by atoms with Crippen LogP contribution < -0.4 is 15.4 Å². The van der Waals surface area contributed by atoms with Gasteiger partial charge in [-0.1, -0.05) is 39.8 Å². The van der Waals surface area contributed by atoms with E-state index in [1.807, 2.05) is 19.1 Å². The number of nitrogens with one attached hydrogen (secondary N) is 2. The predicted octanol–water partition coefficient (Wildman–Crippen LogP) is 5.59. The molecule has 1 fully saturated rings. The van der Waals surface area contributed by atoms with Gasteiger partial charge in [0.1, 0.15) is 12.3 Å². The van der Waals surface area contributed by atoms with Crippen molar-refractivity contribution in [3.8, 4) is 16.2 Å². The molecule has 1 amide bonds. The Kier molecular flexibility index (Phi) is 9.46. The van der Waals surface area contributed by atoms with Crippen LogP contribution in [0.15, 0.2) is 24.3 Å². The highest BCUT2D eigenvalue weighted by atomic mass is 32.1. The zero-order valence-electron chi connectivity index (χ0n) is 23.5. The van der Waals surface area contributed by atoms with Crippen molar-refractivity contribution >= 4 is 34.9 Å².